The first-order valence-corrected chi connectivity index (χ1v) is 10.6. The third-order valence-electron chi connectivity index (χ3n) is 5.37. The maximum Gasteiger partial charge on any atom is 0.0701 e. The Hall–Kier alpha value is 0.620. The molecule has 20 heavy (non-hydrogen) atoms. The van der Waals surface area contributed by atoms with Crippen molar-refractivity contribution in [2.45, 2.75) is 68.3 Å². The van der Waals surface area contributed by atoms with E-state index in [4.69, 9.17) is 10.5 Å². The van der Waals surface area contributed by atoms with Gasteiger partial charge in [0, 0.05) is 23.7 Å². The summed E-state index contributed by atoms with van der Waals surface area (Å²) in [6.07, 6.45) is 10.6. The van der Waals surface area contributed by atoms with Gasteiger partial charge in [-0.3, -0.25) is 0 Å². The topological polar surface area (TPSA) is 35.2 Å². The van der Waals surface area contributed by atoms with Gasteiger partial charge in [-0.05, 0) is 55.9 Å². The van der Waals surface area contributed by atoms with E-state index in [0.29, 0.717) is 12.0 Å². The quantitative estimate of drug-likeness (QED) is 0.858. The summed E-state index contributed by atoms with van der Waals surface area (Å²) >= 11 is 4.23. The number of nitrogens with two attached hydrogens (primary N) is 1. The van der Waals surface area contributed by atoms with Crippen LogP contribution in [0, 0.1) is 5.92 Å². The minimum Gasteiger partial charge on any atom is -0.375 e. The first kappa shape index (κ1) is 15.5. The fourth-order valence-electron chi connectivity index (χ4n) is 3.96. The monoisotopic (exact) mass is 315 g/mol. The van der Waals surface area contributed by atoms with Crippen LogP contribution in [0.25, 0.3) is 0 Å². The summed E-state index contributed by atoms with van der Waals surface area (Å²) in [7, 11) is 0. The molecule has 2 saturated heterocycles. The van der Waals surface area contributed by atoms with Gasteiger partial charge in [0.1, 0.15) is 0 Å². The van der Waals surface area contributed by atoms with Crippen molar-refractivity contribution >= 4 is 23.5 Å². The highest BCUT2D eigenvalue weighted by Crippen LogP contribution is 2.41. The lowest BCUT2D eigenvalue weighted by molar-refractivity contribution is -0.104. The Bertz CT molecular complexity index is 295. The van der Waals surface area contributed by atoms with Crippen LogP contribution in [-0.4, -0.2) is 40.8 Å². The maximum atomic E-state index is 6.53. The molecule has 2 atom stereocenters. The van der Waals surface area contributed by atoms with Gasteiger partial charge in [0.15, 0.2) is 0 Å². The highest BCUT2D eigenvalue weighted by molar-refractivity contribution is 8.00. The van der Waals surface area contributed by atoms with Crippen molar-refractivity contribution in [3.63, 3.8) is 0 Å². The molecule has 0 aromatic rings. The molecule has 3 aliphatic rings. The zero-order valence-corrected chi connectivity index (χ0v) is 14.2. The van der Waals surface area contributed by atoms with E-state index in [1.807, 2.05) is 0 Å². The number of hydrogen-bond acceptors (Lipinski definition) is 4. The highest BCUT2D eigenvalue weighted by Gasteiger charge is 2.40. The van der Waals surface area contributed by atoms with Crippen LogP contribution in [0.5, 0.6) is 0 Å². The number of rotatable bonds is 4. The van der Waals surface area contributed by atoms with Gasteiger partial charge in [0.2, 0.25) is 0 Å². The van der Waals surface area contributed by atoms with Crippen molar-refractivity contribution in [1.82, 2.24) is 0 Å². The van der Waals surface area contributed by atoms with Crippen molar-refractivity contribution in [3.8, 4) is 0 Å². The van der Waals surface area contributed by atoms with Crippen molar-refractivity contribution < 1.29 is 4.74 Å². The maximum absolute atomic E-state index is 6.53. The highest BCUT2D eigenvalue weighted by atomic mass is 32.2. The molecule has 0 radical (unpaired) electrons. The molecule has 116 valence electrons. The van der Waals surface area contributed by atoms with Crippen LogP contribution in [0.3, 0.4) is 0 Å². The van der Waals surface area contributed by atoms with Gasteiger partial charge < -0.3 is 10.5 Å². The molecule has 0 amide bonds. The Labute approximate surface area is 132 Å². The van der Waals surface area contributed by atoms with E-state index >= 15 is 0 Å². The summed E-state index contributed by atoms with van der Waals surface area (Å²) in [6.45, 7) is 0.942. The molecule has 1 aliphatic carbocycles. The van der Waals surface area contributed by atoms with Crippen LogP contribution < -0.4 is 5.73 Å². The Kier molecular flexibility index (Phi) is 5.63. The molecular weight excluding hydrogens is 286 g/mol. The second kappa shape index (κ2) is 7.26. The minimum atomic E-state index is 0.198. The molecule has 2 N–H and O–H groups in total. The van der Waals surface area contributed by atoms with Crippen LogP contribution in [-0.2, 0) is 4.74 Å². The van der Waals surface area contributed by atoms with Crippen LogP contribution in [0.15, 0.2) is 0 Å². The van der Waals surface area contributed by atoms with Crippen LogP contribution in [0.2, 0.25) is 0 Å². The van der Waals surface area contributed by atoms with E-state index in [1.165, 1.54) is 68.6 Å². The Balaban J connectivity index is 1.47. The molecule has 2 aliphatic heterocycles. The molecule has 0 aromatic carbocycles. The van der Waals surface area contributed by atoms with E-state index in [2.05, 4.69) is 23.5 Å². The summed E-state index contributed by atoms with van der Waals surface area (Å²) in [4.78, 5) is 0. The SMILES string of the molecule is NC(CSC1CCCC1)C1CCOC2(CCSCC2)C1. The number of hydrogen-bond donors (Lipinski definition) is 1. The van der Waals surface area contributed by atoms with Crippen LogP contribution in [0.1, 0.15) is 51.4 Å². The van der Waals surface area contributed by atoms with Crippen molar-refractivity contribution in [2.75, 3.05) is 23.9 Å². The molecule has 2 nitrogen and oxygen atoms in total. The number of ether oxygens (including phenoxy) is 1. The average Bonchev–Trinajstić information content (AvgIpc) is 2.99. The third kappa shape index (κ3) is 3.88. The molecule has 1 spiro atoms. The molecule has 3 rings (SSSR count). The Morgan fingerprint density at radius 2 is 1.95 bits per heavy atom. The first-order chi connectivity index (χ1) is 9.77. The lowest BCUT2D eigenvalue weighted by atomic mass is 9.79. The average molecular weight is 316 g/mol. The lowest BCUT2D eigenvalue weighted by Crippen LogP contribution is -2.48. The van der Waals surface area contributed by atoms with Crippen molar-refractivity contribution in [3.05, 3.63) is 0 Å². The Morgan fingerprint density at radius 3 is 2.70 bits per heavy atom. The van der Waals surface area contributed by atoms with E-state index in [0.717, 1.165) is 11.9 Å². The summed E-state index contributed by atoms with van der Waals surface area (Å²) in [5.41, 5.74) is 6.73. The van der Waals surface area contributed by atoms with Crippen molar-refractivity contribution in [2.24, 2.45) is 11.7 Å². The molecule has 3 fully saturated rings. The van der Waals surface area contributed by atoms with Gasteiger partial charge in [-0.25, -0.2) is 0 Å². The van der Waals surface area contributed by atoms with Gasteiger partial charge in [0.05, 0.1) is 5.60 Å². The van der Waals surface area contributed by atoms with E-state index in [1.54, 1.807) is 0 Å². The van der Waals surface area contributed by atoms with Crippen LogP contribution in [0.4, 0.5) is 0 Å². The van der Waals surface area contributed by atoms with Gasteiger partial charge in [0.25, 0.3) is 0 Å². The zero-order chi connectivity index (χ0) is 13.8. The summed E-state index contributed by atoms with van der Waals surface area (Å²) in [6, 6.07) is 0.385. The van der Waals surface area contributed by atoms with E-state index < -0.39 is 0 Å². The molecular formula is C16H29NOS2. The van der Waals surface area contributed by atoms with E-state index in [-0.39, 0.29) is 5.60 Å². The van der Waals surface area contributed by atoms with Gasteiger partial charge in [-0.15, -0.1) is 0 Å². The molecule has 4 heteroatoms. The number of thioether (sulfide) groups is 2. The second-order valence-electron chi connectivity index (χ2n) is 6.80. The normalized spacial score (nSPS) is 32.5. The Morgan fingerprint density at radius 1 is 1.20 bits per heavy atom. The standard InChI is InChI=1S/C16H29NOS2/c17-15(12-20-14-3-1-2-4-14)13-5-8-18-16(11-13)6-9-19-10-7-16/h13-15H,1-12,17H2. The fraction of sp³-hybridized carbons (Fsp3) is 1.00. The molecule has 1 saturated carbocycles. The summed E-state index contributed by atoms with van der Waals surface area (Å²) in [5, 5.41) is 0.904. The van der Waals surface area contributed by atoms with E-state index in [9.17, 15) is 0 Å². The minimum absolute atomic E-state index is 0.198. The lowest BCUT2D eigenvalue weighted by Gasteiger charge is -2.44. The summed E-state index contributed by atoms with van der Waals surface area (Å²) in [5.74, 6) is 4.42. The predicted molar refractivity (Wildman–Crippen MR) is 90.7 cm³/mol. The fourth-order valence-corrected chi connectivity index (χ4v) is 6.63. The third-order valence-corrected chi connectivity index (χ3v) is 7.87. The molecule has 2 unspecified atom stereocenters. The predicted octanol–water partition coefficient (Wildman–Crippen LogP) is 3.68. The molecule has 0 bridgehead atoms. The van der Waals surface area contributed by atoms with Gasteiger partial charge in [-0.1, -0.05) is 12.8 Å². The zero-order valence-electron chi connectivity index (χ0n) is 12.5. The largest absolute Gasteiger partial charge is 0.375 e. The molecule has 0 aromatic heterocycles. The van der Waals surface area contributed by atoms with Crippen molar-refractivity contribution in [1.29, 1.82) is 0 Å². The summed E-state index contributed by atoms with van der Waals surface area (Å²) < 4.78 is 6.19. The first-order valence-electron chi connectivity index (χ1n) is 8.36. The molecule has 2 heterocycles. The van der Waals surface area contributed by atoms with Gasteiger partial charge >= 0.3 is 0 Å². The smallest absolute Gasteiger partial charge is 0.0701 e. The van der Waals surface area contributed by atoms with Gasteiger partial charge in [-0.2, -0.15) is 23.5 Å². The second-order valence-corrected chi connectivity index (χ2v) is 9.36. The van der Waals surface area contributed by atoms with Crippen LogP contribution >= 0.6 is 23.5 Å².